The normalized spacial score (nSPS) is 22.6. The largest absolute Gasteiger partial charge is 0.493 e. The summed E-state index contributed by atoms with van der Waals surface area (Å²) in [5.74, 6) is -0.520. The minimum absolute atomic E-state index is 0.0346. The van der Waals surface area contributed by atoms with Crippen molar-refractivity contribution in [1.29, 1.82) is 0 Å². The summed E-state index contributed by atoms with van der Waals surface area (Å²) in [4.78, 5) is 11.3. The Bertz CT molecular complexity index is 671. The first-order valence-corrected chi connectivity index (χ1v) is 8.02. The fourth-order valence-corrected chi connectivity index (χ4v) is 4.13. The van der Waals surface area contributed by atoms with Gasteiger partial charge in [0.2, 0.25) is 10.0 Å². The van der Waals surface area contributed by atoms with Crippen molar-refractivity contribution in [1.82, 2.24) is 4.31 Å². The average molecular weight is 313 g/mol. The zero-order valence-electron chi connectivity index (χ0n) is 11.2. The van der Waals surface area contributed by atoms with E-state index in [0.717, 1.165) is 9.87 Å². The number of nitrogens with zero attached hydrogens (tertiary/aromatic N) is 1. The topological polar surface area (TPSA) is 93.1 Å². The number of carboxylic acid groups (broad SMARTS) is 1. The second kappa shape index (κ2) is 5.28. The lowest BCUT2D eigenvalue weighted by Crippen LogP contribution is -2.52. The Morgan fingerprint density at radius 3 is 2.90 bits per heavy atom. The molecule has 0 saturated carbocycles. The van der Waals surface area contributed by atoms with E-state index in [-0.39, 0.29) is 24.7 Å². The van der Waals surface area contributed by atoms with Crippen LogP contribution < -0.4 is 4.74 Å². The van der Waals surface area contributed by atoms with E-state index in [4.69, 9.17) is 14.6 Å². The molecule has 1 fully saturated rings. The molecule has 1 aromatic rings. The maximum atomic E-state index is 12.7. The Balaban J connectivity index is 1.97. The van der Waals surface area contributed by atoms with Gasteiger partial charge in [0.1, 0.15) is 11.8 Å². The van der Waals surface area contributed by atoms with E-state index >= 15 is 0 Å². The van der Waals surface area contributed by atoms with Crippen LogP contribution in [0.3, 0.4) is 0 Å². The molecule has 0 aromatic heterocycles. The van der Waals surface area contributed by atoms with Gasteiger partial charge in [-0.3, -0.25) is 4.79 Å². The molecule has 1 saturated heterocycles. The molecule has 0 bridgehead atoms. The van der Waals surface area contributed by atoms with Gasteiger partial charge in [0.25, 0.3) is 0 Å². The number of fused-ring (bicyclic) bond motifs is 1. The molecule has 7 nitrogen and oxygen atoms in total. The van der Waals surface area contributed by atoms with E-state index in [1.165, 1.54) is 6.07 Å². The molecule has 3 rings (SSSR count). The minimum atomic E-state index is -3.86. The van der Waals surface area contributed by atoms with E-state index < -0.39 is 22.0 Å². The zero-order valence-corrected chi connectivity index (χ0v) is 12.0. The first kappa shape index (κ1) is 14.3. The van der Waals surface area contributed by atoms with E-state index in [9.17, 15) is 13.2 Å². The van der Waals surface area contributed by atoms with Gasteiger partial charge in [0, 0.05) is 13.0 Å². The average Bonchev–Trinajstić information content (AvgIpc) is 2.94. The first-order chi connectivity index (χ1) is 10.00. The van der Waals surface area contributed by atoms with E-state index in [2.05, 4.69) is 0 Å². The van der Waals surface area contributed by atoms with Gasteiger partial charge >= 0.3 is 5.97 Å². The molecule has 0 aliphatic carbocycles. The van der Waals surface area contributed by atoms with E-state index in [1.807, 2.05) is 0 Å². The van der Waals surface area contributed by atoms with E-state index in [1.54, 1.807) is 12.1 Å². The number of carboxylic acids is 1. The lowest BCUT2D eigenvalue weighted by Gasteiger charge is -2.31. The van der Waals surface area contributed by atoms with Gasteiger partial charge in [-0.2, -0.15) is 4.31 Å². The molecule has 1 atom stereocenters. The van der Waals surface area contributed by atoms with Crippen LogP contribution in [0.5, 0.6) is 5.75 Å². The Labute approximate surface area is 122 Å². The first-order valence-electron chi connectivity index (χ1n) is 6.58. The predicted molar refractivity (Wildman–Crippen MR) is 71.8 cm³/mol. The van der Waals surface area contributed by atoms with Crippen molar-refractivity contribution in [3.8, 4) is 5.75 Å². The Morgan fingerprint density at radius 1 is 1.33 bits per heavy atom. The maximum absolute atomic E-state index is 12.7. The lowest BCUT2D eigenvalue weighted by molar-refractivity contribution is -0.146. The summed E-state index contributed by atoms with van der Waals surface area (Å²) in [6.07, 6.45) is 0.657. The molecular formula is C13H15NO6S. The van der Waals surface area contributed by atoms with Gasteiger partial charge in [-0.1, -0.05) is 0 Å². The number of carbonyl (C=O) groups is 1. The summed E-state index contributed by atoms with van der Waals surface area (Å²) >= 11 is 0. The minimum Gasteiger partial charge on any atom is -0.493 e. The van der Waals surface area contributed by atoms with Crippen molar-refractivity contribution >= 4 is 16.0 Å². The third-order valence-electron chi connectivity index (χ3n) is 3.63. The molecule has 21 heavy (non-hydrogen) atoms. The Morgan fingerprint density at radius 2 is 2.14 bits per heavy atom. The van der Waals surface area contributed by atoms with Gasteiger partial charge in [-0.15, -0.1) is 0 Å². The summed E-state index contributed by atoms with van der Waals surface area (Å²) < 4.78 is 36.8. The predicted octanol–water partition coefficient (Wildman–Crippen LogP) is 0.0956. The number of morpholine rings is 1. The number of ether oxygens (including phenoxy) is 2. The second-order valence-electron chi connectivity index (χ2n) is 4.91. The van der Waals surface area contributed by atoms with Crippen LogP contribution in [0.4, 0.5) is 0 Å². The van der Waals surface area contributed by atoms with Gasteiger partial charge < -0.3 is 14.6 Å². The Kier molecular flexibility index (Phi) is 3.60. The highest BCUT2D eigenvalue weighted by Crippen LogP contribution is 2.29. The number of aliphatic carboxylic acids is 1. The van der Waals surface area contributed by atoms with Crippen LogP contribution in [0.1, 0.15) is 5.56 Å². The van der Waals surface area contributed by atoms with Crippen molar-refractivity contribution in [2.24, 2.45) is 0 Å². The van der Waals surface area contributed by atoms with Crippen LogP contribution in [-0.4, -0.2) is 56.2 Å². The van der Waals surface area contributed by atoms with Gasteiger partial charge in [-0.25, -0.2) is 8.42 Å². The van der Waals surface area contributed by atoms with Crippen LogP contribution in [0.2, 0.25) is 0 Å². The number of benzene rings is 1. The molecule has 0 radical (unpaired) electrons. The number of hydrogen-bond acceptors (Lipinski definition) is 5. The number of rotatable bonds is 3. The van der Waals surface area contributed by atoms with Crippen molar-refractivity contribution in [3.05, 3.63) is 23.8 Å². The third kappa shape index (κ3) is 2.50. The van der Waals surface area contributed by atoms with Crippen LogP contribution in [0.25, 0.3) is 0 Å². The molecule has 8 heteroatoms. The molecule has 2 heterocycles. The van der Waals surface area contributed by atoms with Crippen LogP contribution in [0, 0.1) is 0 Å². The molecule has 1 N–H and O–H groups in total. The Hall–Kier alpha value is -1.64. The van der Waals surface area contributed by atoms with Gasteiger partial charge in [0.15, 0.2) is 0 Å². The van der Waals surface area contributed by atoms with Gasteiger partial charge in [-0.05, 0) is 23.8 Å². The lowest BCUT2D eigenvalue weighted by atomic mass is 10.2. The van der Waals surface area contributed by atoms with Crippen LogP contribution in [0.15, 0.2) is 23.1 Å². The molecule has 2 aliphatic rings. The second-order valence-corrected chi connectivity index (χ2v) is 6.80. The quantitative estimate of drug-likeness (QED) is 0.850. The molecule has 0 spiro atoms. The van der Waals surface area contributed by atoms with Gasteiger partial charge in [0.05, 0.1) is 24.7 Å². The fraction of sp³-hybridized carbons (Fsp3) is 0.462. The van der Waals surface area contributed by atoms with Crippen molar-refractivity contribution < 1.29 is 27.8 Å². The van der Waals surface area contributed by atoms with Crippen molar-refractivity contribution in [2.75, 3.05) is 26.4 Å². The smallest absolute Gasteiger partial charge is 0.324 e. The molecule has 2 aliphatic heterocycles. The van der Waals surface area contributed by atoms with Crippen LogP contribution in [-0.2, 0) is 26.0 Å². The fourth-order valence-electron chi connectivity index (χ4n) is 2.53. The standard InChI is InChI=1S/C13H15NO6S/c15-13(16)11-8-19-6-4-14(11)21(17,18)10-1-2-12-9(7-10)3-5-20-12/h1-2,7,11H,3-6,8H2,(H,15,16). The highest BCUT2D eigenvalue weighted by atomic mass is 32.2. The summed E-state index contributed by atoms with van der Waals surface area (Å²) in [6, 6.07) is 3.44. The molecule has 0 amide bonds. The van der Waals surface area contributed by atoms with Crippen molar-refractivity contribution in [2.45, 2.75) is 17.4 Å². The third-order valence-corrected chi connectivity index (χ3v) is 5.54. The highest BCUT2D eigenvalue weighted by Gasteiger charge is 2.38. The molecule has 1 aromatic carbocycles. The summed E-state index contributed by atoms with van der Waals surface area (Å²) in [5.41, 5.74) is 0.830. The zero-order chi connectivity index (χ0) is 15.0. The molecular weight excluding hydrogens is 298 g/mol. The monoisotopic (exact) mass is 313 g/mol. The summed E-state index contributed by atoms with van der Waals surface area (Å²) in [6.45, 7) is 0.626. The maximum Gasteiger partial charge on any atom is 0.324 e. The van der Waals surface area contributed by atoms with Crippen LogP contribution >= 0.6 is 0 Å². The van der Waals surface area contributed by atoms with E-state index in [0.29, 0.717) is 18.8 Å². The van der Waals surface area contributed by atoms with Crippen molar-refractivity contribution in [3.63, 3.8) is 0 Å². The SMILES string of the molecule is O=C(O)C1COCCN1S(=O)(=O)c1ccc2c(c1)CCO2. The molecule has 114 valence electrons. The highest BCUT2D eigenvalue weighted by molar-refractivity contribution is 7.89. The number of hydrogen-bond donors (Lipinski definition) is 1. The number of sulfonamides is 1. The summed E-state index contributed by atoms with van der Waals surface area (Å²) in [5, 5.41) is 9.17. The molecule has 1 unspecified atom stereocenters. The summed E-state index contributed by atoms with van der Waals surface area (Å²) in [7, 11) is -3.86.